The number of ether oxygens (including phenoxy) is 1. The molecule has 1 atom stereocenters. The molecule has 1 aliphatic rings. The highest BCUT2D eigenvalue weighted by atomic mass is 16.5. The Bertz CT molecular complexity index is 809. The molecular formula is C21H24N2O4. The molecule has 0 aliphatic carbocycles. The van der Waals surface area contributed by atoms with Crippen molar-refractivity contribution in [3.05, 3.63) is 59.9 Å². The van der Waals surface area contributed by atoms with E-state index in [0.29, 0.717) is 31.7 Å². The number of pyridine rings is 1. The first kappa shape index (κ1) is 18.9. The maximum Gasteiger partial charge on any atom is 0.311 e. The Morgan fingerprint density at radius 1 is 1.26 bits per heavy atom. The molecule has 2 aromatic rings. The molecule has 1 N–H and O–H groups in total. The first-order valence-electron chi connectivity index (χ1n) is 9.08. The minimum atomic E-state index is -0.859. The van der Waals surface area contributed by atoms with Crippen LogP contribution in [0.4, 0.5) is 0 Å². The average Bonchev–Trinajstić information content (AvgIpc) is 2.67. The second-order valence-corrected chi connectivity index (χ2v) is 7.26. The number of aliphatic carboxylic acids is 1. The molecule has 27 heavy (non-hydrogen) atoms. The molecule has 0 radical (unpaired) electrons. The summed E-state index contributed by atoms with van der Waals surface area (Å²) in [6, 6.07) is 11.3. The summed E-state index contributed by atoms with van der Waals surface area (Å²) in [5.41, 5.74) is 0.967. The highest BCUT2D eigenvalue weighted by molar-refractivity contribution is 5.81. The lowest BCUT2D eigenvalue weighted by Gasteiger charge is -2.37. The van der Waals surface area contributed by atoms with Crippen molar-refractivity contribution in [1.82, 2.24) is 9.88 Å². The zero-order chi connectivity index (χ0) is 19.3. The summed E-state index contributed by atoms with van der Waals surface area (Å²) in [6.07, 6.45) is 5.02. The summed E-state index contributed by atoms with van der Waals surface area (Å²) in [6.45, 7) is 2.99. The minimum Gasteiger partial charge on any atom is -0.489 e. The van der Waals surface area contributed by atoms with Gasteiger partial charge < -0.3 is 14.7 Å². The van der Waals surface area contributed by atoms with Crippen LogP contribution in [-0.4, -0.2) is 40.0 Å². The zero-order valence-electron chi connectivity index (χ0n) is 15.4. The third-order valence-electron chi connectivity index (χ3n) is 4.95. The van der Waals surface area contributed by atoms with Gasteiger partial charge in [0.05, 0.1) is 11.8 Å². The average molecular weight is 368 g/mol. The Morgan fingerprint density at radius 2 is 2.07 bits per heavy atom. The van der Waals surface area contributed by atoms with Gasteiger partial charge in [-0.25, -0.2) is 0 Å². The number of carboxylic acids is 1. The Balaban J connectivity index is 1.60. The zero-order valence-corrected chi connectivity index (χ0v) is 15.4. The molecule has 0 bridgehead atoms. The van der Waals surface area contributed by atoms with Crippen LogP contribution in [0.3, 0.4) is 0 Å². The molecule has 1 aromatic heterocycles. The number of carbonyl (C=O) groups excluding carboxylic acids is 1. The third kappa shape index (κ3) is 4.84. The topological polar surface area (TPSA) is 79.7 Å². The molecular weight excluding hydrogens is 344 g/mol. The van der Waals surface area contributed by atoms with Crippen LogP contribution in [0.5, 0.6) is 5.75 Å². The van der Waals surface area contributed by atoms with Gasteiger partial charge in [0.2, 0.25) is 5.91 Å². The second kappa shape index (κ2) is 8.20. The molecule has 1 fully saturated rings. The lowest BCUT2D eigenvalue weighted by Crippen LogP contribution is -2.48. The molecule has 6 nitrogen and oxygen atoms in total. The van der Waals surface area contributed by atoms with E-state index < -0.39 is 11.4 Å². The maximum atomic E-state index is 12.7. The third-order valence-corrected chi connectivity index (χ3v) is 4.95. The van der Waals surface area contributed by atoms with E-state index in [1.54, 1.807) is 24.2 Å². The number of rotatable bonds is 6. The van der Waals surface area contributed by atoms with E-state index in [1.807, 2.05) is 36.4 Å². The summed E-state index contributed by atoms with van der Waals surface area (Å²) >= 11 is 0. The van der Waals surface area contributed by atoms with Gasteiger partial charge in [-0.05, 0) is 43.5 Å². The van der Waals surface area contributed by atoms with Crippen molar-refractivity contribution in [2.75, 3.05) is 13.1 Å². The normalized spacial score (nSPS) is 19.5. The predicted octanol–water partition coefficient (Wildman–Crippen LogP) is 2.92. The molecule has 1 aromatic carbocycles. The van der Waals surface area contributed by atoms with Crippen LogP contribution in [0.15, 0.2) is 48.8 Å². The highest BCUT2D eigenvalue weighted by Gasteiger charge is 2.39. The number of amides is 1. The van der Waals surface area contributed by atoms with Gasteiger partial charge in [-0.15, -0.1) is 0 Å². The second-order valence-electron chi connectivity index (χ2n) is 7.26. The summed E-state index contributed by atoms with van der Waals surface area (Å²) in [4.78, 5) is 29.9. The highest BCUT2D eigenvalue weighted by Crippen LogP contribution is 2.30. The van der Waals surface area contributed by atoms with Gasteiger partial charge in [0.25, 0.3) is 0 Å². The fourth-order valence-electron chi connectivity index (χ4n) is 3.31. The number of carbonyl (C=O) groups is 2. The standard InChI is InChI=1S/C21H24N2O4/c1-21(20(25)26)8-4-10-23(15-21)19(24)12-16-5-2-7-18(11-16)27-14-17-6-3-9-22-13-17/h2-3,5-7,9,11,13H,4,8,10,12,14-15H2,1H3,(H,25,26). The van der Waals surface area contributed by atoms with Crippen LogP contribution in [0.1, 0.15) is 30.9 Å². The van der Waals surface area contributed by atoms with Crippen molar-refractivity contribution in [2.45, 2.75) is 32.8 Å². The number of hydrogen-bond acceptors (Lipinski definition) is 4. The molecule has 1 unspecified atom stereocenters. The SMILES string of the molecule is CC1(C(=O)O)CCCN(C(=O)Cc2cccc(OCc3cccnc3)c2)C1. The molecule has 6 heteroatoms. The molecule has 0 spiro atoms. The van der Waals surface area contributed by atoms with Gasteiger partial charge in [-0.2, -0.15) is 0 Å². The van der Waals surface area contributed by atoms with Crippen molar-refractivity contribution in [2.24, 2.45) is 5.41 Å². The smallest absolute Gasteiger partial charge is 0.311 e. The van der Waals surface area contributed by atoms with Crippen LogP contribution in [0.25, 0.3) is 0 Å². The summed E-state index contributed by atoms with van der Waals surface area (Å²) in [7, 11) is 0. The number of nitrogens with zero attached hydrogens (tertiary/aromatic N) is 2. The van der Waals surface area contributed by atoms with E-state index >= 15 is 0 Å². The number of hydrogen-bond donors (Lipinski definition) is 1. The van der Waals surface area contributed by atoms with Crippen LogP contribution >= 0.6 is 0 Å². The summed E-state index contributed by atoms with van der Waals surface area (Å²) in [5.74, 6) is -0.199. The van der Waals surface area contributed by atoms with E-state index in [9.17, 15) is 14.7 Å². The first-order valence-corrected chi connectivity index (χ1v) is 9.08. The monoisotopic (exact) mass is 368 g/mol. The van der Waals surface area contributed by atoms with E-state index in [1.165, 1.54) is 0 Å². The summed E-state index contributed by atoms with van der Waals surface area (Å²) < 4.78 is 5.78. The van der Waals surface area contributed by atoms with Crippen LogP contribution in [0.2, 0.25) is 0 Å². The Kier molecular flexibility index (Phi) is 5.74. The molecule has 1 aliphatic heterocycles. The molecule has 2 heterocycles. The van der Waals surface area contributed by atoms with Crippen LogP contribution in [-0.2, 0) is 22.6 Å². The van der Waals surface area contributed by atoms with Gasteiger partial charge in [0.1, 0.15) is 12.4 Å². The Hall–Kier alpha value is -2.89. The van der Waals surface area contributed by atoms with Gasteiger partial charge in [0, 0.05) is 31.0 Å². The fraction of sp³-hybridized carbons (Fsp3) is 0.381. The quantitative estimate of drug-likeness (QED) is 0.848. The van der Waals surface area contributed by atoms with Gasteiger partial charge >= 0.3 is 5.97 Å². The number of piperidine rings is 1. The van der Waals surface area contributed by atoms with Crippen molar-refractivity contribution in [1.29, 1.82) is 0 Å². The lowest BCUT2D eigenvalue weighted by atomic mass is 9.82. The van der Waals surface area contributed by atoms with Crippen LogP contribution < -0.4 is 4.74 Å². The van der Waals surface area contributed by atoms with Crippen molar-refractivity contribution in [3.8, 4) is 5.75 Å². The number of likely N-dealkylation sites (tertiary alicyclic amines) is 1. The summed E-state index contributed by atoms with van der Waals surface area (Å²) in [5, 5.41) is 9.42. The van der Waals surface area contributed by atoms with Crippen molar-refractivity contribution >= 4 is 11.9 Å². The minimum absolute atomic E-state index is 0.0495. The molecule has 0 saturated carbocycles. The fourth-order valence-corrected chi connectivity index (χ4v) is 3.31. The van der Waals surface area contributed by atoms with Gasteiger partial charge in [-0.1, -0.05) is 18.2 Å². The number of benzene rings is 1. The van der Waals surface area contributed by atoms with Gasteiger partial charge in [-0.3, -0.25) is 14.6 Å². The molecule has 3 rings (SSSR count). The number of aromatic nitrogens is 1. The lowest BCUT2D eigenvalue weighted by molar-refractivity contribution is -0.153. The molecule has 1 amide bonds. The van der Waals surface area contributed by atoms with E-state index in [4.69, 9.17) is 4.74 Å². The van der Waals surface area contributed by atoms with Crippen molar-refractivity contribution in [3.63, 3.8) is 0 Å². The predicted molar refractivity (Wildman–Crippen MR) is 100 cm³/mol. The molecule has 1 saturated heterocycles. The Labute approximate surface area is 158 Å². The number of carboxylic acid groups (broad SMARTS) is 1. The van der Waals surface area contributed by atoms with Crippen molar-refractivity contribution < 1.29 is 19.4 Å². The van der Waals surface area contributed by atoms with E-state index in [0.717, 1.165) is 11.1 Å². The van der Waals surface area contributed by atoms with E-state index in [2.05, 4.69) is 4.98 Å². The van der Waals surface area contributed by atoms with Gasteiger partial charge in [0.15, 0.2) is 0 Å². The first-order chi connectivity index (χ1) is 13.0. The maximum absolute atomic E-state index is 12.7. The van der Waals surface area contributed by atoms with E-state index in [-0.39, 0.29) is 18.9 Å². The van der Waals surface area contributed by atoms with Crippen LogP contribution in [0, 0.1) is 5.41 Å². The Morgan fingerprint density at radius 3 is 2.81 bits per heavy atom. The largest absolute Gasteiger partial charge is 0.489 e. The molecule has 142 valence electrons.